The second-order valence-corrected chi connectivity index (χ2v) is 5.04. The van der Waals surface area contributed by atoms with E-state index in [0.29, 0.717) is 0 Å². The van der Waals surface area contributed by atoms with Gasteiger partial charge in [-0.1, -0.05) is 65.1 Å². The predicted molar refractivity (Wildman–Crippen MR) is 69.0 cm³/mol. The van der Waals surface area contributed by atoms with Gasteiger partial charge in [0.05, 0.1) is 12.2 Å². The first-order valence-electron chi connectivity index (χ1n) is 4.47. The van der Waals surface area contributed by atoms with Crippen LogP contribution in [-0.4, -0.2) is 9.76 Å². The van der Waals surface area contributed by atoms with Crippen molar-refractivity contribution < 1.29 is 9.90 Å². The van der Waals surface area contributed by atoms with Crippen LogP contribution in [0.2, 0.25) is 0 Å². The van der Waals surface area contributed by atoms with Crippen molar-refractivity contribution in [3.05, 3.63) is 47.2 Å². The van der Waals surface area contributed by atoms with Crippen molar-refractivity contribution in [2.75, 3.05) is 0 Å². The summed E-state index contributed by atoms with van der Waals surface area (Å²) in [5.41, 5.74) is 3.36. The zero-order valence-electron chi connectivity index (χ0n) is 8.89. The number of nitrogens with one attached hydrogen (secondary N) is 1. The van der Waals surface area contributed by atoms with Gasteiger partial charge in [-0.25, -0.2) is 0 Å². The number of carboxylic acids is 1. The van der Waals surface area contributed by atoms with Crippen molar-refractivity contribution in [1.82, 2.24) is 5.43 Å². The first kappa shape index (κ1) is 16.5. The number of benzene rings is 1. The van der Waals surface area contributed by atoms with Crippen LogP contribution < -0.4 is 10.5 Å². The Bertz CT molecular complexity index is 438. The summed E-state index contributed by atoms with van der Waals surface area (Å²) in [5.74, 6) is -1.71. The summed E-state index contributed by atoms with van der Waals surface area (Å²) in [6.07, 6.45) is 3.36. The molecule has 0 aromatic heterocycles. The van der Waals surface area contributed by atoms with E-state index in [1.165, 1.54) is 0 Å². The molecule has 0 unspecified atom stereocenters. The van der Waals surface area contributed by atoms with Crippen LogP contribution in [-0.2, 0) is 4.79 Å². The van der Waals surface area contributed by atoms with Crippen molar-refractivity contribution >= 4 is 46.8 Å². The third kappa shape index (κ3) is 8.65. The molecule has 5 nitrogen and oxygen atoms in total. The first-order valence-corrected chi connectivity index (χ1v) is 5.60. The first-order chi connectivity index (χ1) is 8.38. The van der Waals surface area contributed by atoms with Crippen LogP contribution in [0.5, 0.6) is 0 Å². The van der Waals surface area contributed by atoms with E-state index < -0.39 is 9.76 Å². The molecule has 0 aliphatic rings. The van der Waals surface area contributed by atoms with Crippen LogP contribution in [0, 0.1) is 5.39 Å². The number of halogens is 3. The van der Waals surface area contributed by atoms with Crippen molar-refractivity contribution in [2.45, 2.75) is 3.79 Å². The van der Waals surface area contributed by atoms with Gasteiger partial charge < -0.3 is 9.90 Å². The summed E-state index contributed by atoms with van der Waals surface area (Å²) < 4.78 is -2.28. The standard InChI is InChI=1S/C8H8N3.C2HCl3O2/c9-11-10-7-6-8-4-2-1-3-5-8;3-2(4,5)1(6)7/h1-7,10H;(H,6,7)/q+1;/p-1/b7-6+;. The fraction of sp³-hybridized carbons (Fsp3) is 0.100. The number of nitrogens with zero attached hydrogens (tertiary/aromatic N) is 2. The highest BCUT2D eigenvalue weighted by atomic mass is 35.6. The highest BCUT2D eigenvalue weighted by Crippen LogP contribution is 2.24. The summed E-state index contributed by atoms with van der Waals surface area (Å²) in [6.45, 7) is 0. The molecule has 0 radical (unpaired) electrons. The number of carbonyl (C=O) groups excluding carboxylic acids is 1. The quantitative estimate of drug-likeness (QED) is 0.515. The summed E-state index contributed by atoms with van der Waals surface area (Å²) in [6, 6.07) is 9.73. The number of hydrogen-bond acceptors (Lipinski definition) is 4. The molecule has 18 heavy (non-hydrogen) atoms. The molecular formula is C10H8Cl3N3O2. The predicted octanol–water partition coefficient (Wildman–Crippen LogP) is 2.12. The van der Waals surface area contributed by atoms with Gasteiger partial charge in [-0.2, -0.15) is 0 Å². The lowest BCUT2D eigenvalue weighted by Gasteiger charge is -2.09. The van der Waals surface area contributed by atoms with Crippen molar-refractivity contribution in [3.63, 3.8) is 0 Å². The molecule has 0 bridgehead atoms. The third-order valence-corrected chi connectivity index (χ3v) is 1.90. The zero-order valence-corrected chi connectivity index (χ0v) is 11.2. The van der Waals surface area contributed by atoms with Gasteiger partial charge >= 0.3 is 5.08 Å². The Hall–Kier alpha value is -1.48. The van der Waals surface area contributed by atoms with Gasteiger partial charge in [0.25, 0.3) is 5.39 Å². The monoisotopic (exact) mass is 307 g/mol. The van der Waals surface area contributed by atoms with Gasteiger partial charge in [-0.3, -0.25) is 0 Å². The minimum absolute atomic E-state index is 1.06. The second-order valence-electron chi connectivity index (χ2n) is 2.76. The van der Waals surface area contributed by atoms with E-state index in [1.54, 1.807) is 12.3 Å². The van der Waals surface area contributed by atoms with Gasteiger partial charge in [-0.05, 0) is 17.1 Å². The van der Waals surface area contributed by atoms with Crippen LogP contribution in [0.25, 0.3) is 11.2 Å². The molecule has 1 aromatic rings. The number of carboxylic acid groups (broad SMARTS) is 1. The number of hydrogen-bond donors (Lipinski definition) is 1. The molecule has 0 saturated heterocycles. The second kappa shape index (κ2) is 8.59. The third-order valence-electron chi connectivity index (χ3n) is 1.44. The summed E-state index contributed by atoms with van der Waals surface area (Å²) in [5, 5.41) is 20.2. The fourth-order valence-corrected chi connectivity index (χ4v) is 0.731. The Morgan fingerprint density at radius 2 is 1.83 bits per heavy atom. The summed E-state index contributed by atoms with van der Waals surface area (Å²) >= 11 is 14.2. The summed E-state index contributed by atoms with van der Waals surface area (Å²) in [7, 11) is 0. The fourth-order valence-electron chi connectivity index (χ4n) is 0.731. The largest absolute Gasteiger partial charge is 0.545 e. The molecular weight excluding hydrogens is 300 g/mol. The van der Waals surface area contributed by atoms with E-state index in [2.05, 4.69) is 10.5 Å². The molecule has 1 rings (SSSR count). The van der Waals surface area contributed by atoms with Gasteiger partial charge in [0.15, 0.2) is 0 Å². The molecule has 0 heterocycles. The number of aliphatic carboxylic acids is 1. The molecule has 0 atom stereocenters. The van der Waals surface area contributed by atoms with Gasteiger partial charge in [0, 0.05) is 0 Å². The highest BCUT2D eigenvalue weighted by molar-refractivity contribution is 6.75. The number of diazo groups is 1. The van der Waals surface area contributed by atoms with Crippen molar-refractivity contribution in [3.8, 4) is 0 Å². The number of alkyl halides is 3. The molecule has 0 aliphatic carbocycles. The minimum atomic E-state index is -2.28. The van der Waals surface area contributed by atoms with Gasteiger partial charge in [0.2, 0.25) is 3.79 Å². The molecule has 96 valence electrons. The zero-order chi connectivity index (χ0) is 14.0. The molecule has 0 spiro atoms. The van der Waals surface area contributed by atoms with Crippen LogP contribution in [0.15, 0.2) is 36.5 Å². The van der Waals surface area contributed by atoms with E-state index in [-0.39, 0.29) is 0 Å². The Morgan fingerprint density at radius 3 is 2.22 bits per heavy atom. The van der Waals surface area contributed by atoms with Crippen LogP contribution in [0.3, 0.4) is 0 Å². The SMILES string of the molecule is N#[N+]N/C=C/c1ccccc1.O=C([O-])C(Cl)(Cl)Cl. The van der Waals surface area contributed by atoms with Crippen LogP contribution in [0.1, 0.15) is 5.56 Å². The maximum absolute atomic E-state index is 9.51. The molecule has 8 heteroatoms. The van der Waals surface area contributed by atoms with Gasteiger partial charge in [-0.15, -0.1) is 0 Å². The number of rotatable bonds is 2. The Morgan fingerprint density at radius 1 is 1.33 bits per heavy atom. The van der Waals surface area contributed by atoms with E-state index in [9.17, 15) is 9.90 Å². The van der Waals surface area contributed by atoms with Gasteiger partial charge in [0.1, 0.15) is 0 Å². The van der Waals surface area contributed by atoms with E-state index in [0.717, 1.165) is 5.56 Å². The molecule has 0 fully saturated rings. The lowest BCUT2D eigenvalue weighted by molar-refractivity contribution is -0.304. The molecule has 1 N–H and O–H groups in total. The Labute approximate surface area is 119 Å². The summed E-state index contributed by atoms with van der Waals surface area (Å²) in [4.78, 5) is 9.51. The van der Waals surface area contributed by atoms with Crippen molar-refractivity contribution in [1.29, 1.82) is 5.39 Å². The molecule has 0 amide bonds. The normalized spacial score (nSPS) is 10.1. The average Bonchev–Trinajstić information content (AvgIpc) is 2.30. The Balaban J connectivity index is 0.000000360. The minimum Gasteiger partial charge on any atom is -0.545 e. The van der Waals surface area contributed by atoms with E-state index >= 15 is 0 Å². The lowest BCUT2D eigenvalue weighted by Crippen LogP contribution is -2.35. The molecule has 1 aromatic carbocycles. The smallest absolute Gasteiger partial charge is 0.307 e. The molecule has 0 saturated carbocycles. The maximum Gasteiger partial charge on any atom is 0.307 e. The average molecular weight is 309 g/mol. The van der Waals surface area contributed by atoms with E-state index in [4.69, 9.17) is 40.2 Å². The lowest BCUT2D eigenvalue weighted by atomic mass is 10.2. The maximum atomic E-state index is 9.51. The van der Waals surface area contributed by atoms with Crippen LogP contribution in [0.4, 0.5) is 0 Å². The highest BCUT2D eigenvalue weighted by Gasteiger charge is 2.20. The Kier molecular flexibility index (Phi) is 7.88. The van der Waals surface area contributed by atoms with Crippen LogP contribution >= 0.6 is 34.8 Å². The van der Waals surface area contributed by atoms with E-state index in [1.807, 2.05) is 30.3 Å². The number of carbonyl (C=O) groups is 1. The topological polar surface area (TPSA) is 80.3 Å². The molecule has 0 aliphatic heterocycles. The van der Waals surface area contributed by atoms with Crippen molar-refractivity contribution in [2.24, 2.45) is 0 Å².